The molecule has 0 aromatic rings. The molecule has 0 heteroatoms. The smallest absolute Gasteiger partial charge is 0.0176 e. The van der Waals surface area contributed by atoms with Crippen LogP contribution in [0.2, 0.25) is 0 Å². The Morgan fingerprint density at radius 1 is 0.857 bits per heavy atom. The minimum Gasteiger partial charge on any atom is -0.0620 e. The van der Waals surface area contributed by atoms with Crippen molar-refractivity contribution in [2.75, 3.05) is 0 Å². The molecule has 0 N–H and O–H groups in total. The van der Waals surface area contributed by atoms with Crippen LogP contribution in [0.1, 0.15) is 104 Å². The van der Waals surface area contributed by atoms with E-state index in [0.717, 1.165) is 17.8 Å². The Morgan fingerprint density at radius 2 is 1.52 bits per heavy atom. The van der Waals surface area contributed by atoms with Crippen molar-refractivity contribution in [3.05, 3.63) is 5.92 Å². The lowest BCUT2D eigenvalue weighted by molar-refractivity contribution is 0.0738. The van der Waals surface area contributed by atoms with Gasteiger partial charge in [-0.2, -0.15) is 0 Å². The van der Waals surface area contributed by atoms with Gasteiger partial charge in [-0.15, -0.1) is 0 Å². The highest BCUT2D eigenvalue weighted by Gasteiger charge is 2.47. The summed E-state index contributed by atoms with van der Waals surface area (Å²) in [6.07, 6.45) is 21.1. The molecule has 2 atom stereocenters. The lowest BCUT2D eigenvalue weighted by Crippen LogP contribution is -2.42. The van der Waals surface area contributed by atoms with Crippen LogP contribution < -0.4 is 0 Å². The molecular weight excluding hydrogens is 252 g/mol. The second-order valence-electron chi connectivity index (χ2n) is 8.70. The van der Waals surface area contributed by atoms with Gasteiger partial charge in [-0.1, -0.05) is 71.6 Å². The molecule has 3 saturated carbocycles. The lowest BCUT2D eigenvalue weighted by Gasteiger charge is -2.50. The van der Waals surface area contributed by atoms with Crippen LogP contribution >= 0.6 is 0 Å². The number of hydrogen-bond donors (Lipinski definition) is 0. The number of hydrogen-bond acceptors (Lipinski definition) is 0. The fraction of sp³-hybridized carbons (Fsp3) is 0.952. The summed E-state index contributed by atoms with van der Waals surface area (Å²) < 4.78 is 0. The molecule has 0 spiro atoms. The van der Waals surface area contributed by atoms with E-state index in [9.17, 15) is 0 Å². The zero-order valence-corrected chi connectivity index (χ0v) is 14.6. The summed E-state index contributed by atoms with van der Waals surface area (Å²) in [5.41, 5.74) is 0.601. The molecule has 121 valence electrons. The minimum atomic E-state index is 0.601. The van der Waals surface area contributed by atoms with Crippen LogP contribution in [0.3, 0.4) is 0 Å². The van der Waals surface area contributed by atoms with Gasteiger partial charge in [0.05, 0.1) is 0 Å². The predicted molar refractivity (Wildman–Crippen MR) is 92.1 cm³/mol. The maximum atomic E-state index is 2.67. The molecule has 0 aliphatic heterocycles. The Labute approximate surface area is 133 Å². The van der Waals surface area contributed by atoms with Crippen molar-refractivity contribution in [2.45, 2.75) is 104 Å². The highest BCUT2D eigenvalue weighted by atomic mass is 14.5. The highest BCUT2D eigenvalue weighted by Crippen LogP contribution is 2.57. The van der Waals surface area contributed by atoms with Crippen molar-refractivity contribution < 1.29 is 0 Å². The van der Waals surface area contributed by atoms with E-state index in [-0.39, 0.29) is 0 Å². The molecule has 0 nitrogen and oxygen atoms in total. The van der Waals surface area contributed by atoms with Crippen molar-refractivity contribution in [1.29, 1.82) is 0 Å². The van der Waals surface area contributed by atoms with E-state index in [4.69, 9.17) is 0 Å². The van der Waals surface area contributed by atoms with Crippen LogP contribution in [0.15, 0.2) is 0 Å². The van der Waals surface area contributed by atoms with E-state index < -0.39 is 0 Å². The Morgan fingerprint density at radius 3 is 2.24 bits per heavy atom. The van der Waals surface area contributed by atoms with E-state index in [0.29, 0.717) is 5.41 Å². The first-order chi connectivity index (χ1) is 10.2. The third-order valence-corrected chi connectivity index (χ3v) is 7.68. The van der Waals surface area contributed by atoms with Gasteiger partial charge in [0, 0.05) is 0 Å². The quantitative estimate of drug-likeness (QED) is 0.526. The molecule has 2 unspecified atom stereocenters. The average Bonchev–Trinajstić information content (AvgIpc) is 3.05. The van der Waals surface area contributed by atoms with Gasteiger partial charge < -0.3 is 0 Å². The average molecular weight is 290 g/mol. The molecule has 3 aliphatic carbocycles. The third kappa shape index (κ3) is 3.35. The van der Waals surface area contributed by atoms with Gasteiger partial charge in [-0.05, 0) is 61.2 Å². The topological polar surface area (TPSA) is 0 Å². The van der Waals surface area contributed by atoms with E-state index in [1.807, 2.05) is 5.92 Å². The van der Waals surface area contributed by atoms with Gasteiger partial charge in [0.15, 0.2) is 0 Å². The fourth-order valence-corrected chi connectivity index (χ4v) is 6.00. The summed E-state index contributed by atoms with van der Waals surface area (Å²) in [4.78, 5) is 0. The van der Waals surface area contributed by atoms with Gasteiger partial charge in [-0.3, -0.25) is 0 Å². The van der Waals surface area contributed by atoms with Gasteiger partial charge in [0.2, 0.25) is 0 Å². The normalized spacial score (nSPS) is 37.1. The Kier molecular flexibility index (Phi) is 5.33. The van der Waals surface area contributed by atoms with Crippen LogP contribution in [0, 0.1) is 29.1 Å². The zero-order chi connectivity index (χ0) is 14.7. The summed E-state index contributed by atoms with van der Waals surface area (Å²) in [7, 11) is 0. The number of rotatable bonds is 4. The lowest BCUT2D eigenvalue weighted by atomic mass is 9.54. The van der Waals surface area contributed by atoms with Crippen molar-refractivity contribution in [3.63, 3.8) is 0 Å². The monoisotopic (exact) mass is 289 g/mol. The molecule has 0 bridgehead atoms. The molecule has 3 rings (SSSR count). The highest BCUT2D eigenvalue weighted by molar-refractivity contribution is 5.13. The van der Waals surface area contributed by atoms with Crippen molar-refractivity contribution in [1.82, 2.24) is 0 Å². The molecule has 3 fully saturated rings. The van der Waals surface area contributed by atoms with E-state index in [2.05, 4.69) is 13.8 Å². The van der Waals surface area contributed by atoms with Crippen molar-refractivity contribution in [3.8, 4) is 0 Å². The first-order valence-corrected chi connectivity index (χ1v) is 10.1. The van der Waals surface area contributed by atoms with Crippen LogP contribution in [-0.4, -0.2) is 0 Å². The molecule has 21 heavy (non-hydrogen) atoms. The molecule has 1 radical (unpaired) electrons. The summed E-state index contributed by atoms with van der Waals surface area (Å²) >= 11 is 0. The second-order valence-corrected chi connectivity index (χ2v) is 8.70. The zero-order valence-electron chi connectivity index (χ0n) is 14.6. The maximum Gasteiger partial charge on any atom is -0.0176 e. The minimum absolute atomic E-state index is 0.601. The van der Waals surface area contributed by atoms with Crippen LogP contribution in [0.4, 0.5) is 0 Å². The molecule has 0 amide bonds. The fourth-order valence-electron chi connectivity index (χ4n) is 6.00. The Balaban J connectivity index is 1.62. The predicted octanol–water partition coefficient (Wildman–Crippen LogP) is 6.94. The van der Waals surface area contributed by atoms with Gasteiger partial charge in [0.1, 0.15) is 0 Å². The summed E-state index contributed by atoms with van der Waals surface area (Å²) in [5, 5.41) is 0. The van der Waals surface area contributed by atoms with E-state index in [1.54, 1.807) is 0 Å². The van der Waals surface area contributed by atoms with Crippen LogP contribution in [0.5, 0.6) is 0 Å². The summed E-state index contributed by atoms with van der Waals surface area (Å²) in [6.45, 7) is 5.24. The van der Waals surface area contributed by atoms with Crippen LogP contribution in [-0.2, 0) is 0 Å². The van der Waals surface area contributed by atoms with E-state index in [1.165, 1.54) is 89.9 Å². The van der Waals surface area contributed by atoms with Gasteiger partial charge in [-0.25, -0.2) is 0 Å². The standard InChI is InChI=1S/C21H37/c1-17-9-8-14-20(16-15-18-10-4-3-5-11-18)21(17,2)19-12-6-7-13-19/h17-19H,3-16H2,1-2H3. The third-order valence-electron chi connectivity index (χ3n) is 7.68. The Bertz CT molecular complexity index is 308. The molecular formula is C21H37. The Hall–Kier alpha value is 0. The SMILES string of the molecule is CC1CCC[C](CCC2CCCCC2)C1(C)C1CCCC1. The second kappa shape index (κ2) is 7.05. The summed E-state index contributed by atoms with van der Waals surface area (Å²) in [5.74, 6) is 5.03. The van der Waals surface area contributed by atoms with Gasteiger partial charge >= 0.3 is 0 Å². The largest absolute Gasteiger partial charge is 0.0620 e. The van der Waals surface area contributed by atoms with Gasteiger partial charge in [0.25, 0.3) is 0 Å². The molecule has 3 aliphatic rings. The van der Waals surface area contributed by atoms with E-state index >= 15 is 0 Å². The van der Waals surface area contributed by atoms with Crippen molar-refractivity contribution >= 4 is 0 Å². The van der Waals surface area contributed by atoms with Crippen LogP contribution in [0.25, 0.3) is 0 Å². The maximum absolute atomic E-state index is 2.67. The molecule has 0 aromatic heterocycles. The molecule has 0 aromatic carbocycles. The first kappa shape index (κ1) is 15.9. The molecule has 0 heterocycles. The summed E-state index contributed by atoms with van der Waals surface area (Å²) in [6, 6.07) is 0. The van der Waals surface area contributed by atoms with Crippen molar-refractivity contribution in [2.24, 2.45) is 23.2 Å². The first-order valence-electron chi connectivity index (χ1n) is 10.1. The molecule has 0 saturated heterocycles.